The van der Waals surface area contributed by atoms with Gasteiger partial charge < -0.3 is 23.8 Å². The third-order valence-electron chi connectivity index (χ3n) is 5.70. The van der Waals surface area contributed by atoms with Crippen LogP contribution >= 0.6 is 0 Å². The van der Waals surface area contributed by atoms with E-state index in [0.717, 1.165) is 16.8 Å². The molecule has 2 aromatic rings. The van der Waals surface area contributed by atoms with Crippen LogP contribution in [0.15, 0.2) is 47.6 Å². The summed E-state index contributed by atoms with van der Waals surface area (Å²) >= 11 is 0. The van der Waals surface area contributed by atoms with Crippen molar-refractivity contribution in [1.82, 2.24) is 9.91 Å². The molecule has 3 rings (SSSR count). The quantitative estimate of drug-likeness (QED) is 0.532. The van der Waals surface area contributed by atoms with Gasteiger partial charge >= 0.3 is 0 Å². The Bertz CT molecular complexity index is 1050. The lowest BCUT2D eigenvalue weighted by atomic mass is 9.97. The van der Waals surface area contributed by atoms with Crippen LogP contribution in [0, 0.1) is 0 Å². The lowest BCUT2D eigenvalue weighted by molar-refractivity contribution is -0.141. The van der Waals surface area contributed by atoms with E-state index in [1.807, 2.05) is 30.3 Å². The minimum atomic E-state index is -0.435. The average Bonchev–Trinajstić information content (AvgIpc) is 3.31. The van der Waals surface area contributed by atoms with Gasteiger partial charge in [-0.1, -0.05) is 12.1 Å². The number of amides is 2. The Balaban J connectivity index is 2.00. The van der Waals surface area contributed by atoms with E-state index in [2.05, 4.69) is 0 Å². The van der Waals surface area contributed by atoms with Crippen LogP contribution in [0.1, 0.15) is 30.5 Å². The minimum absolute atomic E-state index is 0.115. The largest absolute Gasteiger partial charge is 0.497 e. The molecule has 0 saturated heterocycles. The van der Waals surface area contributed by atoms with Crippen LogP contribution in [0.5, 0.6) is 17.2 Å². The van der Waals surface area contributed by atoms with Crippen molar-refractivity contribution in [2.45, 2.75) is 19.4 Å². The molecule has 0 spiro atoms. The van der Waals surface area contributed by atoms with Crippen molar-refractivity contribution < 1.29 is 28.5 Å². The number of hydrogen-bond acceptors (Lipinski definition) is 7. The molecular weight excluding hydrogens is 438 g/mol. The number of ether oxygens (including phenoxy) is 4. The van der Waals surface area contributed by atoms with Crippen molar-refractivity contribution in [2.75, 3.05) is 48.1 Å². The Morgan fingerprint density at radius 2 is 1.76 bits per heavy atom. The molecule has 1 aliphatic heterocycles. The van der Waals surface area contributed by atoms with Gasteiger partial charge in [0, 0.05) is 38.1 Å². The zero-order valence-corrected chi connectivity index (χ0v) is 20.2. The third kappa shape index (κ3) is 5.66. The lowest BCUT2D eigenvalue weighted by Crippen LogP contribution is -2.41. The van der Waals surface area contributed by atoms with Crippen LogP contribution in [0.2, 0.25) is 0 Å². The Morgan fingerprint density at radius 1 is 1.03 bits per heavy atom. The van der Waals surface area contributed by atoms with Gasteiger partial charge in [-0.3, -0.25) is 9.59 Å². The SMILES string of the molecule is COCCN(CC(=O)N1N=C(c2cccc(OC)c2)CC1c1cc(OC)ccc1OC)C(C)=O. The van der Waals surface area contributed by atoms with Crippen molar-refractivity contribution in [1.29, 1.82) is 0 Å². The number of carbonyl (C=O) groups excluding carboxylic acids is 2. The first-order valence-corrected chi connectivity index (χ1v) is 10.9. The predicted molar refractivity (Wildman–Crippen MR) is 127 cm³/mol. The van der Waals surface area contributed by atoms with Gasteiger partial charge in [0.15, 0.2) is 0 Å². The normalized spacial score (nSPS) is 15.0. The van der Waals surface area contributed by atoms with Gasteiger partial charge in [0.05, 0.1) is 39.7 Å². The van der Waals surface area contributed by atoms with E-state index in [4.69, 9.17) is 24.0 Å². The Labute approximate surface area is 199 Å². The van der Waals surface area contributed by atoms with Gasteiger partial charge in [-0.2, -0.15) is 5.10 Å². The summed E-state index contributed by atoms with van der Waals surface area (Å²) in [5.74, 6) is 1.44. The van der Waals surface area contributed by atoms with Crippen LogP contribution in [0.25, 0.3) is 0 Å². The maximum atomic E-state index is 13.4. The first kappa shape index (κ1) is 25.0. The topological polar surface area (TPSA) is 89.9 Å². The summed E-state index contributed by atoms with van der Waals surface area (Å²) in [6.45, 7) is 1.96. The molecule has 9 heteroatoms. The smallest absolute Gasteiger partial charge is 0.262 e. The van der Waals surface area contributed by atoms with Gasteiger partial charge in [-0.15, -0.1) is 0 Å². The number of rotatable bonds is 10. The molecule has 0 aliphatic carbocycles. The van der Waals surface area contributed by atoms with E-state index in [-0.39, 0.29) is 18.4 Å². The summed E-state index contributed by atoms with van der Waals surface area (Å²) in [7, 11) is 6.32. The molecule has 182 valence electrons. The van der Waals surface area contributed by atoms with E-state index in [0.29, 0.717) is 36.8 Å². The molecule has 34 heavy (non-hydrogen) atoms. The van der Waals surface area contributed by atoms with Crippen LogP contribution in [-0.4, -0.2) is 75.6 Å². The summed E-state index contributed by atoms with van der Waals surface area (Å²) in [4.78, 5) is 27.0. The van der Waals surface area contributed by atoms with Gasteiger partial charge in [-0.05, 0) is 30.3 Å². The fourth-order valence-electron chi connectivity index (χ4n) is 3.84. The second kappa shape index (κ2) is 11.5. The number of carbonyl (C=O) groups is 2. The maximum Gasteiger partial charge on any atom is 0.262 e. The van der Waals surface area contributed by atoms with E-state index in [1.54, 1.807) is 40.6 Å². The molecule has 1 heterocycles. The second-order valence-electron chi connectivity index (χ2n) is 7.78. The number of hydrazone groups is 1. The summed E-state index contributed by atoms with van der Waals surface area (Å²) < 4.78 is 21.4. The molecule has 1 unspecified atom stereocenters. The average molecular weight is 470 g/mol. The fraction of sp³-hybridized carbons (Fsp3) is 0.400. The highest BCUT2D eigenvalue weighted by atomic mass is 16.5. The Kier molecular flexibility index (Phi) is 8.48. The molecule has 0 bridgehead atoms. The number of hydrogen-bond donors (Lipinski definition) is 0. The molecule has 0 radical (unpaired) electrons. The Morgan fingerprint density at radius 3 is 2.41 bits per heavy atom. The second-order valence-corrected chi connectivity index (χ2v) is 7.78. The Hall–Kier alpha value is -3.59. The molecule has 1 atom stereocenters. The van der Waals surface area contributed by atoms with Crippen molar-refractivity contribution >= 4 is 17.5 Å². The van der Waals surface area contributed by atoms with Gasteiger partial charge in [0.25, 0.3) is 5.91 Å². The van der Waals surface area contributed by atoms with E-state index in [9.17, 15) is 9.59 Å². The summed E-state index contributed by atoms with van der Waals surface area (Å²) in [6.07, 6.45) is 0.459. The van der Waals surface area contributed by atoms with E-state index in [1.165, 1.54) is 16.8 Å². The number of benzene rings is 2. The predicted octanol–water partition coefficient (Wildman–Crippen LogP) is 2.89. The van der Waals surface area contributed by atoms with Gasteiger partial charge in [0.1, 0.15) is 23.8 Å². The summed E-state index contributed by atoms with van der Waals surface area (Å²) in [5.41, 5.74) is 2.35. The molecule has 9 nitrogen and oxygen atoms in total. The zero-order valence-electron chi connectivity index (χ0n) is 20.2. The minimum Gasteiger partial charge on any atom is -0.497 e. The van der Waals surface area contributed by atoms with Crippen molar-refractivity contribution in [3.63, 3.8) is 0 Å². The van der Waals surface area contributed by atoms with E-state index >= 15 is 0 Å². The monoisotopic (exact) mass is 469 g/mol. The van der Waals surface area contributed by atoms with Gasteiger partial charge in [-0.25, -0.2) is 5.01 Å². The maximum absolute atomic E-state index is 13.4. The van der Waals surface area contributed by atoms with Crippen molar-refractivity contribution in [3.05, 3.63) is 53.6 Å². The summed E-state index contributed by atoms with van der Waals surface area (Å²) in [6, 6.07) is 12.6. The number of methoxy groups -OCH3 is 4. The lowest BCUT2D eigenvalue weighted by Gasteiger charge is -2.27. The first-order valence-electron chi connectivity index (χ1n) is 10.9. The molecular formula is C25H31N3O6. The number of nitrogens with zero attached hydrogens (tertiary/aromatic N) is 3. The standard InChI is InChI=1S/C25H31N3O6/c1-17(29)27(11-12-31-2)16-25(30)28-23(21-14-20(33-4)9-10-24(21)34-5)15-22(26-28)18-7-6-8-19(13-18)32-3/h6-10,13-14,23H,11-12,15-16H2,1-5H3. The third-order valence-corrected chi connectivity index (χ3v) is 5.70. The zero-order chi connectivity index (χ0) is 24.7. The van der Waals surface area contributed by atoms with Crippen LogP contribution in [0.4, 0.5) is 0 Å². The van der Waals surface area contributed by atoms with Gasteiger partial charge in [0.2, 0.25) is 5.91 Å². The van der Waals surface area contributed by atoms with Crippen molar-refractivity contribution in [2.24, 2.45) is 5.10 Å². The van der Waals surface area contributed by atoms with Crippen LogP contribution in [0.3, 0.4) is 0 Å². The molecule has 0 saturated carbocycles. The van der Waals surface area contributed by atoms with E-state index < -0.39 is 6.04 Å². The van der Waals surface area contributed by atoms with Crippen molar-refractivity contribution in [3.8, 4) is 17.2 Å². The molecule has 2 aromatic carbocycles. The highest BCUT2D eigenvalue weighted by Crippen LogP contribution is 2.39. The fourth-order valence-corrected chi connectivity index (χ4v) is 3.84. The molecule has 0 N–H and O–H groups in total. The molecule has 1 aliphatic rings. The summed E-state index contributed by atoms with van der Waals surface area (Å²) in [5, 5.41) is 6.13. The molecule has 0 fully saturated rings. The molecule has 0 aromatic heterocycles. The van der Waals surface area contributed by atoms with Crippen LogP contribution < -0.4 is 14.2 Å². The first-order chi connectivity index (χ1) is 16.4. The van der Waals surface area contributed by atoms with Crippen LogP contribution in [-0.2, 0) is 14.3 Å². The molecule has 2 amide bonds. The highest BCUT2D eigenvalue weighted by molar-refractivity contribution is 6.03. The highest BCUT2D eigenvalue weighted by Gasteiger charge is 2.36.